The largest absolute Gasteiger partial charge is 0.465 e. The van der Waals surface area contributed by atoms with Crippen LogP contribution in [0.25, 0.3) is 0 Å². The molecule has 1 aliphatic heterocycles. The highest BCUT2D eigenvalue weighted by Crippen LogP contribution is 2.43. The summed E-state index contributed by atoms with van der Waals surface area (Å²) in [5, 5.41) is 0. The van der Waals surface area contributed by atoms with Gasteiger partial charge in [0.1, 0.15) is 11.7 Å². The number of rotatable bonds is 35. The van der Waals surface area contributed by atoms with Crippen LogP contribution in [0.1, 0.15) is 235 Å². The number of ether oxygens (including phenoxy) is 4. The molecule has 0 aromatic heterocycles. The van der Waals surface area contributed by atoms with Gasteiger partial charge < -0.3 is 23.8 Å². The lowest BCUT2D eigenvalue weighted by atomic mass is 9.72. The van der Waals surface area contributed by atoms with Crippen LogP contribution >= 0.6 is 0 Å². The van der Waals surface area contributed by atoms with Gasteiger partial charge in [-0.05, 0) is 110 Å². The Balaban J connectivity index is 2.01. The van der Waals surface area contributed by atoms with Gasteiger partial charge in [0, 0.05) is 31.1 Å². The molecule has 2 fully saturated rings. The molecule has 2 rings (SSSR count). The quantitative estimate of drug-likeness (QED) is 0.0266. The normalized spacial score (nSPS) is 19.4. The van der Waals surface area contributed by atoms with Crippen LogP contribution in [0.2, 0.25) is 0 Å². The first kappa shape index (κ1) is 56.7. The molecule has 0 amide bonds. The molecule has 63 heavy (non-hydrogen) atoms. The third-order valence-corrected chi connectivity index (χ3v) is 14.2. The van der Waals surface area contributed by atoms with Gasteiger partial charge in [-0.15, -0.1) is 0 Å². The first-order valence-corrected chi connectivity index (χ1v) is 26.1. The van der Waals surface area contributed by atoms with E-state index in [0.29, 0.717) is 19.3 Å². The molecule has 9 nitrogen and oxygen atoms in total. The van der Waals surface area contributed by atoms with E-state index in [4.69, 9.17) is 18.9 Å². The predicted octanol–water partition coefficient (Wildman–Crippen LogP) is 13.7. The second kappa shape index (κ2) is 31.5. The Morgan fingerprint density at radius 2 is 1.14 bits per heavy atom. The predicted molar refractivity (Wildman–Crippen MR) is 257 cm³/mol. The molecule has 1 saturated carbocycles. The summed E-state index contributed by atoms with van der Waals surface area (Å²) < 4.78 is 24.4. The Labute approximate surface area is 386 Å². The highest BCUT2D eigenvalue weighted by atomic mass is 16.6. The van der Waals surface area contributed by atoms with Crippen molar-refractivity contribution >= 4 is 23.9 Å². The van der Waals surface area contributed by atoms with Gasteiger partial charge >= 0.3 is 23.9 Å². The van der Waals surface area contributed by atoms with Gasteiger partial charge in [-0.1, -0.05) is 150 Å². The lowest BCUT2D eigenvalue weighted by Gasteiger charge is -2.39. The minimum atomic E-state index is -0.829. The van der Waals surface area contributed by atoms with Crippen LogP contribution in [-0.4, -0.2) is 73.8 Å². The number of piperidine rings is 1. The number of hydrogen-bond acceptors (Lipinski definition) is 9. The van der Waals surface area contributed by atoms with E-state index >= 15 is 0 Å². The number of nitrogens with zero attached hydrogens (tertiary/aromatic N) is 1. The molecular formula is C54H97NO8. The van der Waals surface area contributed by atoms with Gasteiger partial charge in [-0.2, -0.15) is 0 Å². The standard InChI is InChI=1S/C54H97NO8/c1-10-13-16-18-20-22-24-26-29-32-48(56)60-41-45(42-61-49(57)33-30-27-25-23-21-19-17-14-11-2)52(4,5)43-53(6,7)63-50(58)40-44-34-35-47(46(44)31-28-15-12-3)62-51(59)54(8)36-38-55(9)39-37-54/h15,28,44-47H,10-14,16-27,29-43H2,1-9H3/b28-15-. The summed E-state index contributed by atoms with van der Waals surface area (Å²) in [7, 11) is 2.09. The third-order valence-electron chi connectivity index (χ3n) is 14.2. The number of allylic oxidation sites excluding steroid dienone is 2. The SMILES string of the molecule is CC/C=C\CC1C(CC(=O)OC(C)(C)CC(C)(C)C(COC(=O)CCCCCCCCCCC)COC(=O)CCCCCCCCCCC)CCC1OC(=O)C1(C)CCN(C)CC1. The molecule has 0 spiro atoms. The zero-order valence-corrected chi connectivity index (χ0v) is 42.3. The van der Waals surface area contributed by atoms with E-state index in [0.717, 1.165) is 90.1 Å². The van der Waals surface area contributed by atoms with E-state index in [9.17, 15) is 19.2 Å². The number of hydrogen-bond donors (Lipinski definition) is 0. The van der Waals surface area contributed by atoms with Crippen LogP contribution in [0.15, 0.2) is 12.2 Å². The molecule has 3 unspecified atom stereocenters. The molecule has 0 N–H and O–H groups in total. The molecular weight excluding hydrogens is 791 g/mol. The Morgan fingerprint density at radius 1 is 0.667 bits per heavy atom. The van der Waals surface area contributed by atoms with Gasteiger partial charge in [-0.3, -0.25) is 19.2 Å². The monoisotopic (exact) mass is 888 g/mol. The van der Waals surface area contributed by atoms with Gasteiger partial charge in [0.15, 0.2) is 0 Å². The highest BCUT2D eigenvalue weighted by Gasteiger charge is 2.45. The molecule has 0 bridgehead atoms. The van der Waals surface area contributed by atoms with Crippen molar-refractivity contribution in [2.75, 3.05) is 33.4 Å². The van der Waals surface area contributed by atoms with E-state index in [2.05, 4.69) is 58.7 Å². The van der Waals surface area contributed by atoms with Crippen molar-refractivity contribution in [3.8, 4) is 0 Å². The average Bonchev–Trinajstić information content (AvgIpc) is 3.59. The van der Waals surface area contributed by atoms with Crippen LogP contribution in [0.5, 0.6) is 0 Å². The van der Waals surface area contributed by atoms with Gasteiger partial charge in [-0.25, -0.2) is 0 Å². The molecule has 3 atom stereocenters. The minimum Gasteiger partial charge on any atom is -0.465 e. The lowest BCUT2D eigenvalue weighted by Crippen LogP contribution is -2.43. The fourth-order valence-corrected chi connectivity index (χ4v) is 9.90. The Morgan fingerprint density at radius 3 is 1.62 bits per heavy atom. The molecule has 2 aliphatic rings. The number of unbranched alkanes of at least 4 members (excludes halogenated alkanes) is 16. The molecule has 366 valence electrons. The van der Waals surface area contributed by atoms with Crippen molar-refractivity contribution in [3.05, 3.63) is 12.2 Å². The molecule has 0 aromatic carbocycles. The first-order chi connectivity index (χ1) is 30.1. The summed E-state index contributed by atoms with van der Waals surface area (Å²) in [5.74, 6) is -0.955. The topological polar surface area (TPSA) is 108 Å². The molecule has 1 aliphatic carbocycles. The average molecular weight is 888 g/mol. The summed E-state index contributed by atoms with van der Waals surface area (Å²) in [5.41, 5.74) is -1.80. The van der Waals surface area contributed by atoms with E-state index in [-0.39, 0.29) is 67.4 Å². The molecule has 1 heterocycles. The number of carbonyl (C=O) groups excluding carboxylic acids is 4. The van der Waals surface area contributed by atoms with Crippen LogP contribution in [0.4, 0.5) is 0 Å². The maximum absolute atomic E-state index is 13.8. The van der Waals surface area contributed by atoms with Crippen molar-refractivity contribution in [3.63, 3.8) is 0 Å². The Bertz CT molecular complexity index is 1260. The van der Waals surface area contributed by atoms with Crippen molar-refractivity contribution in [1.29, 1.82) is 0 Å². The maximum atomic E-state index is 13.8. The zero-order chi connectivity index (χ0) is 46.6. The minimum absolute atomic E-state index is 0.0501. The van der Waals surface area contributed by atoms with Crippen LogP contribution in [0.3, 0.4) is 0 Å². The first-order valence-electron chi connectivity index (χ1n) is 26.1. The van der Waals surface area contributed by atoms with E-state index in [1.807, 2.05) is 20.8 Å². The Kier molecular flexibility index (Phi) is 28.3. The van der Waals surface area contributed by atoms with E-state index < -0.39 is 16.4 Å². The van der Waals surface area contributed by atoms with Gasteiger partial charge in [0.05, 0.1) is 18.6 Å². The van der Waals surface area contributed by atoms with Gasteiger partial charge in [0.2, 0.25) is 0 Å². The number of carbonyl (C=O) groups is 4. The summed E-state index contributed by atoms with van der Waals surface area (Å²) in [6.45, 7) is 18.7. The van der Waals surface area contributed by atoms with E-state index in [1.165, 1.54) is 77.0 Å². The summed E-state index contributed by atoms with van der Waals surface area (Å²) in [6, 6.07) is 0. The smallest absolute Gasteiger partial charge is 0.312 e. The van der Waals surface area contributed by atoms with E-state index in [1.54, 1.807) is 0 Å². The van der Waals surface area contributed by atoms with Crippen molar-refractivity contribution in [2.24, 2.45) is 28.6 Å². The molecule has 9 heteroatoms. The number of esters is 4. The maximum Gasteiger partial charge on any atom is 0.312 e. The van der Waals surface area contributed by atoms with Crippen molar-refractivity contribution in [2.45, 2.75) is 247 Å². The Hall–Kier alpha value is -2.42. The van der Waals surface area contributed by atoms with Crippen LogP contribution in [0, 0.1) is 28.6 Å². The molecule has 0 radical (unpaired) electrons. The third kappa shape index (κ3) is 24.1. The fourth-order valence-electron chi connectivity index (χ4n) is 9.90. The lowest BCUT2D eigenvalue weighted by molar-refractivity contribution is -0.166. The van der Waals surface area contributed by atoms with Crippen molar-refractivity contribution < 1.29 is 38.1 Å². The summed E-state index contributed by atoms with van der Waals surface area (Å²) in [4.78, 5) is 55.6. The number of likely N-dealkylation sites (tertiary alicyclic amines) is 1. The summed E-state index contributed by atoms with van der Waals surface area (Å²) in [6.07, 6.45) is 31.7. The highest BCUT2D eigenvalue weighted by molar-refractivity contribution is 5.77. The molecule has 0 aromatic rings. The van der Waals surface area contributed by atoms with Gasteiger partial charge in [0.25, 0.3) is 0 Å². The second-order valence-electron chi connectivity index (χ2n) is 21.2. The summed E-state index contributed by atoms with van der Waals surface area (Å²) >= 11 is 0. The van der Waals surface area contributed by atoms with Crippen LogP contribution < -0.4 is 0 Å². The molecule has 1 saturated heterocycles. The zero-order valence-electron chi connectivity index (χ0n) is 42.3. The van der Waals surface area contributed by atoms with Crippen molar-refractivity contribution in [1.82, 2.24) is 4.90 Å². The second-order valence-corrected chi connectivity index (χ2v) is 21.2. The fraction of sp³-hybridized carbons (Fsp3) is 0.889. The van der Waals surface area contributed by atoms with Crippen LogP contribution in [-0.2, 0) is 38.1 Å².